The molecule has 3 rings (SSSR count). The number of nitrogens with one attached hydrogen (secondary N) is 1. The fourth-order valence-corrected chi connectivity index (χ4v) is 2.63. The maximum absolute atomic E-state index is 11.3. The van der Waals surface area contributed by atoms with Crippen molar-refractivity contribution in [2.45, 2.75) is 37.6 Å². The minimum atomic E-state index is -1.01. The molecule has 1 aliphatic heterocycles. The third-order valence-electron chi connectivity index (χ3n) is 3.88. The summed E-state index contributed by atoms with van der Waals surface area (Å²) in [7, 11) is 0. The molecule has 0 spiro atoms. The summed E-state index contributed by atoms with van der Waals surface area (Å²) >= 11 is 0. The molecule has 0 aromatic carbocycles. The van der Waals surface area contributed by atoms with Crippen LogP contribution in [-0.4, -0.2) is 23.0 Å². The second-order valence-corrected chi connectivity index (χ2v) is 5.25. The predicted octanol–water partition coefficient (Wildman–Crippen LogP) is 1.46. The summed E-state index contributed by atoms with van der Waals surface area (Å²) in [5, 5.41) is 11.5. The van der Waals surface area contributed by atoms with Crippen molar-refractivity contribution in [3.05, 3.63) is 23.7 Å². The minimum Gasteiger partial charge on any atom is -0.480 e. The number of carboxylic acids is 1. The van der Waals surface area contributed by atoms with Gasteiger partial charge in [-0.15, -0.1) is 0 Å². The number of hydrogen-bond acceptors (Lipinski definition) is 3. The number of amides is 1. The number of hydrogen-bond donors (Lipinski definition) is 2. The Morgan fingerprint density at radius 3 is 2.56 bits per heavy atom. The van der Waals surface area contributed by atoms with Crippen molar-refractivity contribution in [1.29, 1.82) is 0 Å². The molecule has 18 heavy (non-hydrogen) atoms. The van der Waals surface area contributed by atoms with Crippen LogP contribution in [0.25, 0.3) is 0 Å². The average molecular weight is 249 g/mol. The van der Waals surface area contributed by atoms with Gasteiger partial charge in [0.1, 0.15) is 17.6 Å². The van der Waals surface area contributed by atoms with Gasteiger partial charge in [-0.3, -0.25) is 4.79 Å². The van der Waals surface area contributed by atoms with Gasteiger partial charge in [-0.2, -0.15) is 0 Å². The number of rotatable bonds is 3. The quantitative estimate of drug-likeness (QED) is 0.850. The van der Waals surface area contributed by atoms with E-state index in [2.05, 4.69) is 12.2 Å². The van der Waals surface area contributed by atoms with Gasteiger partial charge in [0.05, 0.1) is 5.92 Å². The van der Waals surface area contributed by atoms with Gasteiger partial charge in [0.15, 0.2) is 0 Å². The van der Waals surface area contributed by atoms with Crippen LogP contribution in [0.2, 0.25) is 0 Å². The fourth-order valence-electron chi connectivity index (χ4n) is 2.63. The second-order valence-electron chi connectivity index (χ2n) is 5.25. The lowest BCUT2D eigenvalue weighted by molar-refractivity contribution is -0.140. The van der Waals surface area contributed by atoms with Crippen LogP contribution in [0.4, 0.5) is 0 Å². The Bertz CT molecular complexity index is 507. The Kier molecular flexibility index (Phi) is 2.43. The minimum absolute atomic E-state index is 0.185. The molecular weight excluding hydrogens is 234 g/mol. The third kappa shape index (κ3) is 1.79. The number of furan rings is 1. The number of carbonyl (C=O) groups is 2. The van der Waals surface area contributed by atoms with Gasteiger partial charge in [-0.05, 0) is 24.5 Å². The lowest BCUT2D eigenvalue weighted by Gasteiger charge is -2.11. The molecule has 4 unspecified atom stereocenters. The normalized spacial score (nSPS) is 34.4. The molecule has 2 N–H and O–H groups in total. The van der Waals surface area contributed by atoms with Crippen LogP contribution in [-0.2, 0) is 9.59 Å². The summed E-state index contributed by atoms with van der Waals surface area (Å²) in [6.07, 6.45) is 1.31. The van der Waals surface area contributed by atoms with E-state index in [1.165, 1.54) is 0 Å². The maximum Gasteiger partial charge on any atom is 0.326 e. The Morgan fingerprint density at radius 2 is 2.00 bits per heavy atom. The molecule has 4 atom stereocenters. The SMILES string of the molecule is CC1CC1c1ccc(C2CC(=O)NC2C(=O)O)o1. The molecule has 96 valence electrons. The summed E-state index contributed by atoms with van der Waals surface area (Å²) in [6, 6.07) is 2.85. The summed E-state index contributed by atoms with van der Waals surface area (Å²) in [5.74, 6) is 0.997. The zero-order chi connectivity index (χ0) is 12.9. The molecule has 0 bridgehead atoms. The van der Waals surface area contributed by atoms with Crippen LogP contribution >= 0.6 is 0 Å². The van der Waals surface area contributed by atoms with Crippen molar-refractivity contribution in [1.82, 2.24) is 5.32 Å². The smallest absolute Gasteiger partial charge is 0.326 e. The average Bonchev–Trinajstić information content (AvgIpc) is 2.79. The monoisotopic (exact) mass is 249 g/mol. The van der Waals surface area contributed by atoms with E-state index in [1.54, 1.807) is 6.07 Å². The highest BCUT2D eigenvalue weighted by molar-refractivity contribution is 5.89. The molecule has 2 fully saturated rings. The van der Waals surface area contributed by atoms with Gasteiger partial charge in [-0.1, -0.05) is 6.92 Å². The lowest BCUT2D eigenvalue weighted by atomic mass is 9.98. The first-order valence-electron chi connectivity index (χ1n) is 6.18. The fraction of sp³-hybridized carbons (Fsp3) is 0.538. The van der Waals surface area contributed by atoms with E-state index < -0.39 is 17.9 Å². The largest absolute Gasteiger partial charge is 0.480 e. The Hall–Kier alpha value is -1.78. The molecular formula is C13H15NO4. The van der Waals surface area contributed by atoms with Crippen LogP contribution < -0.4 is 5.32 Å². The summed E-state index contributed by atoms with van der Waals surface area (Å²) in [4.78, 5) is 22.4. The number of carbonyl (C=O) groups excluding carboxylic acids is 1. The van der Waals surface area contributed by atoms with Crippen molar-refractivity contribution < 1.29 is 19.1 Å². The number of carboxylic acid groups (broad SMARTS) is 1. The predicted molar refractivity (Wildman–Crippen MR) is 62.2 cm³/mol. The molecule has 5 nitrogen and oxygen atoms in total. The first-order chi connectivity index (χ1) is 8.56. The van der Waals surface area contributed by atoms with E-state index in [-0.39, 0.29) is 12.3 Å². The molecule has 5 heteroatoms. The Balaban J connectivity index is 1.83. The van der Waals surface area contributed by atoms with Crippen molar-refractivity contribution >= 4 is 11.9 Å². The first-order valence-corrected chi connectivity index (χ1v) is 6.18. The first kappa shape index (κ1) is 11.3. The van der Waals surface area contributed by atoms with E-state index in [0.29, 0.717) is 17.6 Å². The summed E-state index contributed by atoms with van der Waals surface area (Å²) < 4.78 is 5.74. The van der Waals surface area contributed by atoms with Crippen molar-refractivity contribution in [2.75, 3.05) is 0 Å². The number of aliphatic carboxylic acids is 1. The van der Waals surface area contributed by atoms with E-state index in [9.17, 15) is 9.59 Å². The molecule has 1 amide bonds. The molecule has 0 radical (unpaired) electrons. The van der Waals surface area contributed by atoms with Crippen molar-refractivity contribution in [3.8, 4) is 0 Å². The Labute approximate surface area is 104 Å². The molecule has 1 aromatic heterocycles. The van der Waals surface area contributed by atoms with Gasteiger partial charge in [0.2, 0.25) is 5.91 Å². The molecule has 1 aliphatic carbocycles. The van der Waals surface area contributed by atoms with Crippen LogP contribution in [0.15, 0.2) is 16.5 Å². The van der Waals surface area contributed by atoms with Crippen LogP contribution in [0.3, 0.4) is 0 Å². The topological polar surface area (TPSA) is 79.5 Å². The Morgan fingerprint density at radius 1 is 1.39 bits per heavy atom. The van der Waals surface area contributed by atoms with Gasteiger partial charge >= 0.3 is 5.97 Å². The zero-order valence-corrected chi connectivity index (χ0v) is 10.1. The van der Waals surface area contributed by atoms with Gasteiger partial charge in [0, 0.05) is 12.3 Å². The second kappa shape index (κ2) is 3.86. The van der Waals surface area contributed by atoms with Crippen LogP contribution in [0.5, 0.6) is 0 Å². The highest BCUT2D eigenvalue weighted by atomic mass is 16.4. The van der Waals surface area contributed by atoms with Crippen LogP contribution in [0.1, 0.15) is 43.1 Å². The van der Waals surface area contributed by atoms with Gasteiger partial charge in [-0.25, -0.2) is 4.79 Å². The maximum atomic E-state index is 11.3. The lowest BCUT2D eigenvalue weighted by Crippen LogP contribution is -2.35. The van der Waals surface area contributed by atoms with Gasteiger partial charge in [0.25, 0.3) is 0 Å². The highest BCUT2D eigenvalue weighted by Crippen LogP contribution is 2.48. The third-order valence-corrected chi connectivity index (χ3v) is 3.88. The van der Waals surface area contributed by atoms with E-state index in [4.69, 9.17) is 9.52 Å². The molecule has 2 heterocycles. The van der Waals surface area contributed by atoms with E-state index >= 15 is 0 Å². The zero-order valence-electron chi connectivity index (χ0n) is 10.1. The molecule has 1 saturated heterocycles. The highest BCUT2D eigenvalue weighted by Gasteiger charge is 2.42. The summed E-state index contributed by atoms with van der Waals surface area (Å²) in [6.45, 7) is 2.16. The standard InChI is InChI=1S/C13H15NO4/c1-6-4-7(6)9-2-3-10(18-9)8-5-11(15)14-12(8)13(16)17/h2-3,6-8,12H,4-5H2,1H3,(H,14,15)(H,16,17). The molecule has 2 aliphatic rings. The molecule has 1 aromatic rings. The van der Waals surface area contributed by atoms with E-state index in [1.807, 2.05) is 6.07 Å². The van der Waals surface area contributed by atoms with Crippen LogP contribution in [0, 0.1) is 5.92 Å². The van der Waals surface area contributed by atoms with E-state index in [0.717, 1.165) is 12.2 Å². The molecule has 1 saturated carbocycles. The van der Waals surface area contributed by atoms with Gasteiger partial charge < -0.3 is 14.8 Å². The summed E-state index contributed by atoms with van der Waals surface area (Å²) in [5.41, 5.74) is 0. The van der Waals surface area contributed by atoms with Crippen molar-refractivity contribution in [2.24, 2.45) is 5.92 Å². The van der Waals surface area contributed by atoms with Crippen molar-refractivity contribution in [3.63, 3.8) is 0 Å².